The standard InChI is InChI=1S/C18H20N4O2/c1-22-16(6-8-20-22)17-13(7-9-24-17)11-19-18(23)15-10-12-4-2-3-5-14(12)21-15/h2-6,8,10,13,17,21H,7,9,11H2,1H3,(H,19,23)/t13-,17+/m0/s1. The van der Waals surface area contributed by atoms with Crippen LogP contribution in [0.5, 0.6) is 0 Å². The summed E-state index contributed by atoms with van der Waals surface area (Å²) in [6, 6.07) is 11.7. The fourth-order valence-corrected chi connectivity index (χ4v) is 3.35. The van der Waals surface area contributed by atoms with Crippen molar-refractivity contribution in [1.82, 2.24) is 20.1 Å². The van der Waals surface area contributed by atoms with Crippen LogP contribution in [0.1, 0.15) is 28.7 Å². The lowest BCUT2D eigenvalue weighted by atomic mass is 9.99. The van der Waals surface area contributed by atoms with Crippen molar-refractivity contribution in [2.75, 3.05) is 13.2 Å². The second-order valence-electron chi connectivity index (χ2n) is 6.20. The van der Waals surface area contributed by atoms with Crippen molar-refractivity contribution in [3.63, 3.8) is 0 Å². The first-order valence-corrected chi connectivity index (χ1v) is 8.18. The highest BCUT2D eigenvalue weighted by atomic mass is 16.5. The smallest absolute Gasteiger partial charge is 0.267 e. The summed E-state index contributed by atoms with van der Waals surface area (Å²) in [7, 11) is 1.91. The molecule has 124 valence electrons. The van der Waals surface area contributed by atoms with Crippen LogP contribution in [0.15, 0.2) is 42.6 Å². The number of nitrogens with zero attached hydrogens (tertiary/aromatic N) is 2. The molecular formula is C18H20N4O2. The largest absolute Gasteiger partial charge is 0.372 e. The number of fused-ring (bicyclic) bond motifs is 1. The molecule has 0 spiro atoms. The van der Waals surface area contributed by atoms with Gasteiger partial charge in [0.2, 0.25) is 0 Å². The molecule has 2 aromatic heterocycles. The van der Waals surface area contributed by atoms with Crippen LogP contribution in [0.3, 0.4) is 0 Å². The Hall–Kier alpha value is -2.60. The van der Waals surface area contributed by atoms with E-state index in [9.17, 15) is 4.79 Å². The Morgan fingerprint density at radius 3 is 3.08 bits per heavy atom. The number of aryl methyl sites for hydroxylation is 1. The molecule has 1 aromatic carbocycles. The van der Waals surface area contributed by atoms with Gasteiger partial charge < -0.3 is 15.0 Å². The van der Waals surface area contributed by atoms with Gasteiger partial charge >= 0.3 is 0 Å². The second-order valence-corrected chi connectivity index (χ2v) is 6.20. The van der Waals surface area contributed by atoms with Gasteiger partial charge in [-0.2, -0.15) is 5.10 Å². The number of para-hydroxylation sites is 1. The van der Waals surface area contributed by atoms with Crippen molar-refractivity contribution in [3.05, 3.63) is 54.0 Å². The van der Waals surface area contributed by atoms with Gasteiger partial charge in [0, 0.05) is 43.2 Å². The van der Waals surface area contributed by atoms with Crippen LogP contribution < -0.4 is 5.32 Å². The van der Waals surface area contributed by atoms with Gasteiger partial charge in [0.1, 0.15) is 11.8 Å². The highest BCUT2D eigenvalue weighted by molar-refractivity contribution is 5.97. The Balaban J connectivity index is 1.44. The van der Waals surface area contributed by atoms with Gasteiger partial charge in [-0.1, -0.05) is 18.2 Å². The van der Waals surface area contributed by atoms with Gasteiger partial charge in [-0.05, 0) is 24.6 Å². The minimum Gasteiger partial charge on any atom is -0.372 e. The number of rotatable bonds is 4. The Kier molecular flexibility index (Phi) is 3.82. The first-order valence-electron chi connectivity index (χ1n) is 8.18. The zero-order chi connectivity index (χ0) is 16.5. The van der Waals surface area contributed by atoms with Crippen LogP contribution in [-0.2, 0) is 11.8 Å². The van der Waals surface area contributed by atoms with Gasteiger partial charge in [-0.25, -0.2) is 0 Å². The van der Waals surface area contributed by atoms with Gasteiger partial charge in [0.25, 0.3) is 5.91 Å². The molecule has 1 fully saturated rings. The number of aromatic nitrogens is 3. The van der Waals surface area contributed by atoms with Crippen molar-refractivity contribution >= 4 is 16.8 Å². The topological polar surface area (TPSA) is 71.9 Å². The molecule has 2 N–H and O–H groups in total. The van der Waals surface area contributed by atoms with Crippen molar-refractivity contribution in [1.29, 1.82) is 0 Å². The van der Waals surface area contributed by atoms with E-state index < -0.39 is 0 Å². The summed E-state index contributed by atoms with van der Waals surface area (Å²) in [4.78, 5) is 15.6. The molecule has 0 aliphatic carbocycles. The zero-order valence-electron chi connectivity index (χ0n) is 13.5. The van der Waals surface area contributed by atoms with E-state index in [2.05, 4.69) is 15.4 Å². The molecule has 3 aromatic rings. The lowest BCUT2D eigenvalue weighted by Crippen LogP contribution is -2.31. The van der Waals surface area contributed by atoms with Crippen LogP contribution in [0.25, 0.3) is 10.9 Å². The van der Waals surface area contributed by atoms with E-state index in [1.54, 1.807) is 6.20 Å². The molecule has 1 aliphatic rings. The van der Waals surface area contributed by atoms with Crippen LogP contribution in [0.4, 0.5) is 0 Å². The molecule has 3 heterocycles. The lowest BCUT2D eigenvalue weighted by Gasteiger charge is -2.19. The maximum atomic E-state index is 12.4. The third kappa shape index (κ3) is 2.69. The van der Waals surface area contributed by atoms with E-state index in [0.717, 1.165) is 23.0 Å². The SMILES string of the molecule is Cn1nccc1[C@@H]1OCC[C@H]1CNC(=O)c1cc2ccccc2[nH]1. The summed E-state index contributed by atoms with van der Waals surface area (Å²) in [6.45, 7) is 1.30. The Morgan fingerprint density at radius 2 is 2.29 bits per heavy atom. The molecule has 0 saturated carbocycles. The van der Waals surface area contributed by atoms with E-state index in [4.69, 9.17) is 4.74 Å². The molecule has 24 heavy (non-hydrogen) atoms. The first-order chi connectivity index (χ1) is 11.7. The Labute approximate surface area is 139 Å². The highest BCUT2D eigenvalue weighted by Gasteiger charge is 2.31. The number of amides is 1. The van der Waals surface area contributed by atoms with Crippen LogP contribution in [0, 0.1) is 5.92 Å². The van der Waals surface area contributed by atoms with E-state index in [1.165, 1.54) is 0 Å². The summed E-state index contributed by atoms with van der Waals surface area (Å²) in [6.07, 6.45) is 2.69. The number of hydrogen-bond acceptors (Lipinski definition) is 3. The van der Waals surface area contributed by atoms with Crippen molar-refractivity contribution in [2.45, 2.75) is 12.5 Å². The summed E-state index contributed by atoms with van der Waals surface area (Å²) in [5.41, 5.74) is 2.61. The third-order valence-electron chi connectivity index (χ3n) is 4.66. The summed E-state index contributed by atoms with van der Waals surface area (Å²) in [5.74, 6) is 0.176. The molecule has 0 radical (unpaired) electrons. The van der Waals surface area contributed by atoms with Crippen molar-refractivity contribution in [3.8, 4) is 0 Å². The Bertz CT molecular complexity index is 834. The van der Waals surface area contributed by atoms with Crippen molar-refractivity contribution < 1.29 is 9.53 Å². The monoisotopic (exact) mass is 324 g/mol. The summed E-state index contributed by atoms with van der Waals surface area (Å²) in [5, 5.41) is 8.28. The van der Waals surface area contributed by atoms with Gasteiger partial charge in [-0.15, -0.1) is 0 Å². The maximum absolute atomic E-state index is 12.4. The minimum absolute atomic E-state index is 0.0134. The molecule has 2 atom stereocenters. The van der Waals surface area contributed by atoms with Crippen LogP contribution >= 0.6 is 0 Å². The van der Waals surface area contributed by atoms with Crippen LogP contribution in [0.2, 0.25) is 0 Å². The fourth-order valence-electron chi connectivity index (χ4n) is 3.35. The molecule has 0 bridgehead atoms. The van der Waals surface area contributed by atoms with E-state index in [1.807, 2.05) is 48.1 Å². The van der Waals surface area contributed by atoms with E-state index in [-0.39, 0.29) is 17.9 Å². The number of ether oxygens (including phenoxy) is 1. The quantitative estimate of drug-likeness (QED) is 0.774. The average Bonchev–Trinajstić information content (AvgIpc) is 3.30. The molecule has 4 rings (SSSR count). The number of H-pyrrole nitrogens is 1. The predicted octanol–water partition coefficient (Wildman–Crippen LogP) is 2.41. The normalized spacial score (nSPS) is 20.5. The van der Waals surface area contributed by atoms with Crippen molar-refractivity contribution in [2.24, 2.45) is 13.0 Å². The molecule has 1 aliphatic heterocycles. The molecule has 1 saturated heterocycles. The number of carbonyl (C=O) groups is 1. The van der Waals surface area contributed by atoms with Crippen LogP contribution in [-0.4, -0.2) is 33.8 Å². The number of hydrogen-bond donors (Lipinski definition) is 2. The summed E-state index contributed by atoms with van der Waals surface area (Å²) >= 11 is 0. The number of benzene rings is 1. The molecular weight excluding hydrogens is 304 g/mol. The number of carbonyl (C=O) groups excluding carboxylic acids is 1. The zero-order valence-corrected chi connectivity index (χ0v) is 13.5. The lowest BCUT2D eigenvalue weighted by molar-refractivity contribution is 0.0800. The second kappa shape index (κ2) is 6.13. The highest BCUT2D eigenvalue weighted by Crippen LogP contribution is 2.33. The Morgan fingerprint density at radius 1 is 1.42 bits per heavy atom. The summed E-state index contributed by atoms with van der Waals surface area (Å²) < 4.78 is 7.69. The third-order valence-corrected chi connectivity index (χ3v) is 4.66. The van der Waals surface area contributed by atoms with E-state index >= 15 is 0 Å². The first kappa shape index (κ1) is 15.0. The molecule has 0 unspecified atom stereocenters. The van der Waals surface area contributed by atoms with E-state index in [0.29, 0.717) is 18.8 Å². The minimum atomic E-state index is -0.0816. The maximum Gasteiger partial charge on any atom is 0.267 e. The molecule has 6 heteroatoms. The predicted molar refractivity (Wildman–Crippen MR) is 90.6 cm³/mol. The number of nitrogens with one attached hydrogen (secondary N) is 2. The molecule has 1 amide bonds. The molecule has 6 nitrogen and oxygen atoms in total. The van der Waals surface area contributed by atoms with Gasteiger partial charge in [0.05, 0.1) is 5.69 Å². The van der Waals surface area contributed by atoms with Gasteiger partial charge in [0.15, 0.2) is 0 Å². The fraction of sp³-hybridized carbons (Fsp3) is 0.333. The van der Waals surface area contributed by atoms with Gasteiger partial charge in [-0.3, -0.25) is 9.48 Å². The average molecular weight is 324 g/mol. The number of aromatic amines is 1.